The first kappa shape index (κ1) is 40.8. The average molecular weight is 605 g/mol. The molecule has 2 N–H and O–H groups in total. The molecule has 0 aromatic rings. The molecule has 2 atom stereocenters. The van der Waals surface area contributed by atoms with Gasteiger partial charge in [-0.3, -0.25) is 9.59 Å². The Morgan fingerprint density at radius 2 is 1.16 bits per heavy atom. The molecule has 0 saturated heterocycles. The fraction of sp³-hybridized carbons (Fsp3) is 0.730. The van der Waals surface area contributed by atoms with Crippen molar-refractivity contribution in [2.45, 2.75) is 155 Å². The maximum atomic E-state index is 11.9. The van der Waals surface area contributed by atoms with Gasteiger partial charge in [0, 0.05) is 12.8 Å². The number of rotatable bonds is 29. The number of hydrogen-bond donors (Lipinski definition) is 2. The molecule has 0 aliphatic heterocycles. The summed E-state index contributed by atoms with van der Waals surface area (Å²) < 4.78 is 10.2. The van der Waals surface area contributed by atoms with Crippen molar-refractivity contribution in [2.24, 2.45) is 5.92 Å². The molecule has 0 aliphatic carbocycles. The molecule has 248 valence electrons. The van der Waals surface area contributed by atoms with E-state index in [2.05, 4.69) is 51.2 Å². The number of carbonyl (C=O) groups excluding carboxylic acids is 2. The van der Waals surface area contributed by atoms with E-state index in [1.165, 1.54) is 44.9 Å². The van der Waals surface area contributed by atoms with Crippen LogP contribution in [-0.2, 0) is 19.1 Å². The van der Waals surface area contributed by atoms with Crippen LogP contribution >= 0.6 is 0 Å². The number of esters is 2. The van der Waals surface area contributed by atoms with Gasteiger partial charge in [-0.25, -0.2) is 0 Å². The highest BCUT2D eigenvalue weighted by Gasteiger charge is 2.12. The van der Waals surface area contributed by atoms with Crippen LogP contribution in [0.5, 0.6) is 0 Å². The van der Waals surface area contributed by atoms with E-state index >= 15 is 0 Å². The summed E-state index contributed by atoms with van der Waals surface area (Å²) in [6, 6.07) is 0. The van der Waals surface area contributed by atoms with Crippen molar-refractivity contribution in [3.63, 3.8) is 0 Å². The molecule has 43 heavy (non-hydrogen) atoms. The van der Waals surface area contributed by atoms with Crippen molar-refractivity contribution in [1.29, 1.82) is 0 Å². The van der Waals surface area contributed by atoms with E-state index in [1.807, 2.05) is 18.2 Å². The van der Waals surface area contributed by atoms with Crippen molar-refractivity contribution in [2.75, 3.05) is 13.2 Å². The molecule has 0 spiro atoms. The predicted molar refractivity (Wildman–Crippen MR) is 179 cm³/mol. The molecule has 0 amide bonds. The third-order valence-electron chi connectivity index (χ3n) is 7.10. The first-order valence-electron chi connectivity index (χ1n) is 17.2. The third-order valence-corrected chi connectivity index (χ3v) is 7.10. The second-order valence-corrected chi connectivity index (χ2v) is 12.0. The molecule has 0 heterocycles. The molecule has 0 aliphatic rings. The van der Waals surface area contributed by atoms with Gasteiger partial charge in [-0.05, 0) is 44.4 Å². The highest BCUT2D eigenvalue weighted by Crippen LogP contribution is 2.13. The Bertz CT molecular complexity index is 767. The van der Waals surface area contributed by atoms with Crippen LogP contribution in [0.2, 0.25) is 0 Å². The van der Waals surface area contributed by atoms with Crippen molar-refractivity contribution >= 4 is 11.9 Å². The van der Waals surface area contributed by atoms with Crippen LogP contribution in [0.3, 0.4) is 0 Å². The number of hydrogen-bond acceptors (Lipinski definition) is 6. The number of ether oxygens (including phenoxy) is 2. The van der Waals surface area contributed by atoms with Crippen LogP contribution in [-0.4, -0.2) is 47.6 Å². The highest BCUT2D eigenvalue weighted by atomic mass is 16.6. The summed E-state index contributed by atoms with van der Waals surface area (Å²) in [4.78, 5) is 23.8. The van der Waals surface area contributed by atoms with Crippen molar-refractivity contribution in [1.82, 2.24) is 0 Å². The van der Waals surface area contributed by atoms with E-state index < -0.39 is 6.10 Å². The van der Waals surface area contributed by atoms with Crippen LogP contribution in [0.1, 0.15) is 143 Å². The fourth-order valence-corrected chi connectivity index (χ4v) is 4.43. The molecule has 0 saturated carbocycles. The highest BCUT2D eigenvalue weighted by molar-refractivity contribution is 5.69. The van der Waals surface area contributed by atoms with Crippen LogP contribution in [0, 0.1) is 5.92 Å². The standard InChI is InChI=1S/C37H64O6/c1-4-5-21-27-34(38)28-23-18-14-9-7-6-8-10-15-19-24-29-36(40)42-31-35(39)32-43-37(41)30-25-20-16-12-11-13-17-22-26-33(2)3/h6-7,10,14-15,18,23,28,33-35,38-39H,4-5,8-9,11-13,16-17,19-22,24-27,29-32H2,1-3H3/b7-6-,15-10-,18-14-,28-23+/t34-,35+/m1/s1. The molecule has 0 fully saturated rings. The summed E-state index contributed by atoms with van der Waals surface area (Å²) in [6.07, 6.45) is 33.5. The lowest BCUT2D eigenvalue weighted by atomic mass is 10.0. The van der Waals surface area contributed by atoms with Crippen molar-refractivity contribution < 1.29 is 29.3 Å². The van der Waals surface area contributed by atoms with Crippen LogP contribution in [0.15, 0.2) is 48.6 Å². The van der Waals surface area contributed by atoms with Gasteiger partial charge >= 0.3 is 11.9 Å². The number of allylic oxidation sites excluding steroid dienone is 7. The van der Waals surface area contributed by atoms with E-state index in [0.717, 1.165) is 63.7 Å². The zero-order valence-electron chi connectivity index (χ0n) is 27.7. The third kappa shape index (κ3) is 32.6. The van der Waals surface area contributed by atoms with Crippen molar-refractivity contribution in [3.05, 3.63) is 48.6 Å². The summed E-state index contributed by atoms with van der Waals surface area (Å²) in [5, 5.41) is 19.8. The molecule has 0 bridgehead atoms. The Kier molecular flexibility index (Phi) is 29.7. The molecule has 0 aromatic carbocycles. The summed E-state index contributed by atoms with van der Waals surface area (Å²) >= 11 is 0. The number of unbranched alkanes of at least 4 members (excludes halogenated alkanes) is 10. The van der Waals surface area contributed by atoms with Gasteiger partial charge in [0.1, 0.15) is 19.3 Å². The van der Waals surface area contributed by atoms with Gasteiger partial charge in [-0.1, -0.05) is 140 Å². The SMILES string of the molecule is CCCCC[C@@H](O)/C=C/C=C\C/C=C\C/C=C\CCCC(=O)OC[C@H](O)COC(=O)CCCCCCCCCCC(C)C. The Hall–Kier alpha value is -2.18. The maximum absolute atomic E-state index is 11.9. The normalized spacial score (nSPS) is 13.6. The molecule has 0 radical (unpaired) electrons. The Labute approximate surface area is 263 Å². The van der Waals surface area contributed by atoms with E-state index in [0.29, 0.717) is 12.8 Å². The molecular formula is C37H64O6. The molecule has 0 unspecified atom stereocenters. The summed E-state index contributed by atoms with van der Waals surface area (Å²) in [5.74, 6) is 0.139. The lowest BCUT2D eigenvalue weighted by Crippen LogP contribution is -2.25. The fourth-order valence-electron chi connectivity index (χ4n) is 4.43. The van der Waals surface area contributed by atoms with Crippen LogP contribution < -0.4 is 0 Å². The summed E-state index contributed by atoms with van der Waals surface area (Å²) in [7, 11) is 0. The molecule has 6 nitrogen and oxygen atoms in total. The maximum Gasteiger partial charge on any atom is 0.305 e. The lowest BCUT2D eigenvalue weighted by Gasteiger charge is -2.12. The zero-order chi connectivity index (χ0) is 31.8. The molecule has 6 heteroatoms. The predicted octanol–water partition coefficient (Wildman–Crippen LogP) is 9.11. The van der Waals surface area contributed by atoms with E-state index in [4.69, 9.17) is 9.47 Å². The molecule has 0 rings (SSSR count). The Balaban J connectivity index is 3.64. The second kappa shape index (κ2) is 31.3. The van der Waals surface area contributed by atoms with Crippen LogP contribution in [0.4, 0.5) is 0 Å². The minimum absolute atomic E-state index is 0.145. The van der Waals surface area contributed by atoms with Gasteiger partial charge in [0.2, 0.25) is 0 Å². The minimum Gasteiger partial charge on any atom is -0.463 e. The van der Waals surface area contributed by atoms with E-state index in [-0.39, 0.29) is 37.7 Å². The number of aliphatic hydroxyl groups excluding tert-OH is 2. The van der Waals surface area contributed by atoms with E-state index in [1.54, 1.807) is 0 Å². The monoisotopic (exact) mass is 604 g/mol. The van der Waals surface area contributed by atoms with Gasteiger partial charge in [0.05, 0.1) is 6.10 Å². The zero-order valence-corrected chi connectivity index (χ0v) is 27.7. The van der Waals surface area contributed by atoms with Gasteiger partial charge in [-0.2, -0.15) is 0 Å². The van der Waals surface area contributed by atoms with Crippen molar-refractivity contribution in [3.8, 4) is 0 Å². The number of carbonyl (C=O) groups is 2. The Morgan fingerprint density at radius 1 is 0.628 bits per heavy atom. The quantitative estimate of drug-likeness (QED) is 0.0383. The second-order valence-electron chi connectivity index (χ2n) is 12.0. The summed E-state index contributed by atoms with van der Waals surface area (Å²) in [6.45, 7) is 6.40. The number of aliphatic hydroxyl groups is 2. The van der Waals surface area contributed by atoms with Gasteiger partial charge in [-0.15, -0.1) is 0 Å². The average Bonchev–Trinajstić information content (AvgIpc) is 2.98. The lowest BCUT2D eigenvalue weighted by molar-refractivity contribution is -0.152. The Morgan fingerprint density at radius 3 is 1.79 bits per heavy atom. The van der Waals surface area contributed by atoms with E-state index in [9.17, 15) is 19.8 Å². The first-order chi connectivity index (χ1) is 20.8. The topological polar surface area (TPSA) is 93.1 Å². The van der Waals surface area contributed by atoms with Gasteiger partial charge in [0.25, 0.3) is 0 Å². The largest absolute Gasteiger partial charge is 0.463 e. The first-order valence-corrected chi connectivity index (χ1v) is 17.2. The molecular weight excluding hydrogens is 540 g/mol. The van der Waals surface area contributed by atoms with Gasteiger partial charge < -0.3 is 19.7 Å². The molecule has 0 aromatic heterocycles. The van der Waals surface area contributed by atoms with Gasteiger partial charge in [0.15, 0.2) is 0 Å². The van der Waals surface area contributed by atoms with Crippen LogP contribution in [0.25, 0.3) is 0 Å². The minimum atomic E-state index is -0.997. The summed E-state index contributed by atoms with van der Waals surface area (Å²) in [5.41, 5.74) is 0. The smallest absolute Gasteiger partial charge is 0.305 e.